The Bertz CT molecular complexity index is 1530. The van der Waals surface area contributed by atoms with E-state index in [9.17, 15) is 43.8 Å². The molecule has 4 amide bonds. The molecule has 1 heterocycles. The number of likely N-dealkylation sites (N-methyl/N-ethyl adjacent to an activating group) is 1. The molecule has 1 unspecified atom stereocenters. The third-order valence-electron chi connectivity index (χ3n) is 8.50. The normalized spacial score (nSPS) is 17.2. The zero-order chi connectivity index (χ0) is 41.2. The third kappa shape index (κ3) is 18.3. The summed E-state index contributed by atoms with van der Waals surface area (Å²) in [5.74, 6) is -2.88. The summed E-state index contributed by atoms with van der Waals surface area (Å²) >= 11 is 0. The molecule has 1 saturated heterocycles. The van der Waals surface area contributed by atoms with Crippen molar-refractivity contribution in [3.63, 3.8) is 0 Å². The van der Waals surface area contributed by atoms with Gasteiger partial charge in [0.25, 0.3) is 0 Å². The van der Waals surface area contributed by atoms with E-state index in [-0.39, 0.29) is 87.4 Å². The Morgan fingerprint density at radius 3 is 2.40 bits per heavy atom. The molecule has 3 atom stereocenters. The van der Waals surface area contributed by atoms with Crippen molar-refractivity contribution in [1.82, 2.24) is 15.5 Å². The molecular weight excluding hydrogens is 720 g/mol. The van der Waals surface area contributed by atoms with Crippen LogP contribution in [0.2, 0.25) is 0 Å². The number of rotatable bonds is 23. The number of carboxylic acids is 1. The molecule has 1 fully saturated rings. The lowest BCUT2D eigenvalue weighted by molar-refractivity contribution is -0.195. The van der Waals surface area contributed by atoms with E-state index in [2.05, 4.69) is 16.0 Å². The summed E-state index contributed by atoms with van der Waals surface area (Å²) < 4.78 is 22.6. The van der Waals surface area contributed by atoms with E-state index in [1.165, 1.54) is 18.0 Å². The van der Waals surface area contributed by atoms with Crippen LogP contribution in [-0.2, 0) is 54.4 Å². The van der Waals surface area contributed by atoms with E-state index in [1.54, 1.807) is 19.1 Å². The minimum atomic E-state index is -1.27. The molecule has 0 spiro atoms. The molecule has 0 aromatic heterocycles. The van der Waals surface area contributed by atoms with E-state index >= 15 is 0 Å². The number of hydrogen-bond donors (Lipinski definition) is 5. The lowest BCUT2D eigenvalue weighted by Crippen LogP contribution is -2.45. The van der Waals surface area contributed by atoms with Gasteiger partial charge in [0.05, 0.1) is 17.4 Å². The molecule has 5 N–H and O–H groups in total. The number of benzene rings is 1. The highest BCUT2D eigenvalue weighted by atomic mass is 16.7. The number of carboxylic acid groups (broad SMARTS) is 1. The van der Waals surface area contributed by atoms with Crippen LogP contribution in [0.25, 0.3) is 0 Å². The van der Waals surface area contributed by atoms with E-state index < -0.39 is 47.5 Å². The Labute approximate surface area is 321 Å². The topological polar surface area (TPSA) is 236 Å². The van der Waals surface area contributed by atoms with Gasteiger partial charge in [-0.3, -0.25) is 28.8 Å². The quantitative estimate of drug-likeness (QED) is 0.0611. The highest BCUT2D eigenvalue weighted by Gasteiger charge is 2.34. The van der Waals surface area contributed by atoms with Gasteiger partial charge >= 0.3 is 11.9 Å². The highest BCUT2D eigenvalue weighted by molar-refractivity contribution is 5.93. The predicted molar refractivity (Wildman–Crippen MR) is 199 cm³/mol. The first-order valence-electron chi connectivity index (χ1n) is 18.2. The van der Waals surface area contributed by atoms with Crippen molar-refractivity contribution >= 4 is 47.5 Å². The molecule has 1 aliphatic rings. The van der Waals surface area contributed by atoms with Crippen LogP contribution >= 0.6 is 0 Å². The van der Waals surface area contributed by atoms with Gasteiger partial charge in [-0.25, -0.2) is 4.79 Å². The molecular formula is C38H56N4O13. The lowest BCUT2D eigenvalue weighted by Gasteiger charge is -2.31. The monoisotopic (exact) mass is 776 g/mol. The van der Waals surface area contributed by atoms with Crippen LogP contribution in [0.15, 0.2) is 30.4 Å². The first kappa shape index (κ1) is 46.3. The van der Waals surface area contributed by atoms with E-state index in [1.807, 2.05) is 27.7 Å². The number of nitrogens with one attached hydrogen (secondary N) is 3. The van der Waals surface area contributed by atoms with E-state index in [4.69, 9.17) is 18.9 Å². The number of carbonyl (C=O) groups excluding carboxylic acids is 6. The van der Waals surface area contributed by atoms with Gasteiger partial charge in [-0.2, -0.15) is 0 Å². The zero-order valence-electron chi connectivity index (χ0n) is 32.5. The molecule has 0 bridgehead atoms. The van der Waals surface area contributed by atoms with Crippen LogP contribution < -0.4 is 20.7 Å². The fourth-order valence-corrected chi connectivity index (χ4v) is 5.19. The number of aliphatic hydroxyl groups excluding tert-OH is 1. The molecule has 1 aromatic rings. The Kier molecular flexibility index (Phi) is 18.9. The summed E-state index contributed by atoms with van der Waals surface area (Å²) in [6.07, 6.45) is 0.472. The standard InChI is InChI=1S/C38H56N4O13/c1-7-34(49)52-24-25-10-11-28(54-35-23-26(44)22-29(55-35)36(50)51)27(21-25)40-31(46)13-17-39-30(45)12-15-38(4,5)53-20-16-37(2,3)41-32(47)14-18-42(6)33(48)9-8-19-43/h8-11,19,21,26,29,35,44H,7,12-18,20,22-24H2,1-6H3,(H,39,45)(H,40,46)(H,41,47)(H,50,51)/b9-8-/t26?,29-,35+/m0/s1. The third-order valence-corrected chi connectivity index (χ3v) is 8.50. The summed E-state index contributed by atoms with van der Waals surface area (Å²) in [5.41, 5.74) is -0.523. The van der Waals surface area contributed by atoms with Crippen LogP contribution in [0.3, 0.4) is 0 Å². The largest absolute Gasteiger partial charge is 0.479 e. The zero-order valence-corrected chi connectivity index (χ0v) is 32.5. The summed E-state index contributed by atoms with van der Waals surface area (Å²) in [6.45, 7) is 9.52. The molecule has 2 rings (SSSR count). The first-order valence-corrected chi connectivity index (χ1v) is 18.2. The number of hydrogen-bond acceptors (Lipinski definition) is 12. The molecule has 0 radical (unpaired) electrons. The number of carbonyl (C=O) groups is 7. The Morgan fingerprint density at radius 1 is 1.00 bits per heavy atom. The van der Waals surface area contributed by atoms with Gasteiger partial charge in [0.1, 0.15) is 18.6 Å². The molecule has 55 heavy (non-hydrogen) atoms. The van der Waals surface area contributed by atoms with Crippen LogP contribution in [0.5, 0.6) is 5.75 Å². The van der Waals surface area contributed by atoms with Crippen molar-refractivity contribution in [2.45, 2.75) is 122 Å². The van der Waals surface area contributed by atoms with Crippen molar-refractivity contribution in [2.75, 3.05) is 32.1 Å². The smallest absolute Gasteiger partial charge is 0.333 e. The van der Waals surface area contributed by atoms with Gasteiger partial charge in [-0.1, -0.05) is 13.0 Å². The number of aldehydes is 1. The van der Waals surface area contributed by atoms with Gasteiger partial charge in [0.15, 0.2) is 6.10 Å². The van der Waals surface area contributed by atoms with Crippen molar-refractivity contribution in [2.24, 2.45) is 0 Å². The van der Waals surface area contributed by atoms with Crippen molar-refractivity contribution < 1.29 is 62.7 Å². The van der Waals surface area contributed by atoms with Gasteiger partial charge in [0, 0.05) is 76.9 Å². The Hall–Kier alpha value is -4.87. The number of allylic oxidation sites excluding steroid dienone is 1. The molecule has 1 aromatic carbocycles. The number of esters is 1. The molecule has 306 valence electrons. The van der Waals surface area contributed by atoms with Gasteiger partial charge < -0.3 is 50.0 Å². The van der Waals surface area contributed by atoms with Crippen LogP contribution in [0.4, 0.5) is 5.69 Å². The minimum Gasteiger partial charge on any atom is -0.479 e. The second-order valence-corrected chi connectivity index (χ2v) is 14.4. The van der Waals surface area contributed by atoms with E-state index in [0.29, 0.717) is 31.3 Å². The maximum Gasteiger partial charge on any atom is 0.333 e. The van der Waals surface area contributed by atoms with E-state index in [0.717, 1.165) is 12.2 Å². The Balaban J connectivity index is 1.83. The van der Waals surface area contributed by atoms with Crippen molar-refractivity contribution in [3.8, 4) is 5.75 Å². The minimum absolute atomic E-state index is 0.00477. The Morgan fingerprint density at radius 2 is 1.73 bits per heavy atom. The number of amides is 4. The molecule has 0 saturated carbocycles. The SMILES string of the molecule is CCC(=O)OCc1ccc(O[C@H]2CC(O)C[C@@H](C(=O)O)O2)c(NC(=O)CCNC(=O)CCC(C)(C)OCCC(C)(C)NC(=O)CCN(C)C(=O)/C=C\C=O)c1. The van der Waals surface area contributed by atoms with Gasteiger partial charge in [-0.15, -0.1) is 0 Å². The number of ether oxygens (including phenoxy) is 4. The summed E-state index contributed by atoms with van der Waals surface area (Å²) in [7, 11) is 1.54. The maximum atomic E-state index is 12.9. The molecule has 1 aliphatic heterocycles. The van der Waals surface area contributed by atoms with Gasteiger partial charge in [-0.05, 0) is 64.3 Å². The maximum absolute atomic E-state index is 12.9. The highest BCUT2D eigenvalue weighted by Crippen LogP contribution is 2.31. The average molecular weight is 777 g/mol. The predicted octanol–water partition coefficient (Wildman–Crippen LogP) is 2.38. The van der Waals surface area contributed by atoms with Crippen LogP contribution in [-0.4, -0.2) is 113 Å². The van der Waals surface area contributed by atoms with Crippen molar-refractivity contribution in [3.05, 3.63) is 35.9 Å². The fraction of sp³-hybridized carbons (Fsp3) is 0.605. The number of anilines is 1. The number of aliphatic hydroxyl groups is 1. The number of nitrogens with zero attached hydrogens (tertiary/aromatic N) is 1. The second-order valence-electron chi connectivity index (χ2n) is 14.4. The molecule has 17 heteroatoms. The van der Waals surface area contributed by atoms with Crippen molar-refractivity contribution in [1.29, 1.82) is 0 Å². The van der Waals surface area contributed by atoms with Crippen LogP contribution in [0.1, 0.15) is 91.5 Å². The first-order chi connectivity index (χ1) is 25.8. The fourth-order valence-electron chi connectivity index (χ4n) is 5.19. The lowest BCUT2D eigenvalue weighted by atomic mass is 9.99. The van der Waals surface area contributed by atoms with Crippen LogP contribution in [0, 0.1) is 0 Å². The summed E-state index contributed by atoms with van der Waals surface area (Å²) in [4.78, 5) is 84.8. The molecule has 17 nitrogen and oxygen atoms in total. The summed E-state index contributed by atoms with van der Waals surface area (Å²) in [5, 5.41) is 27.9. The van der Waals surface area contributed by atoms with Gasteiger partial charge in [0.2, 0.25) is 29.9 Å². The second kappa shape index (κ2) is 22.5. The summed E-state index contributed by atoms with van der Waals surface area (Å²) in [6, 6.07) is 4.66. The number of aliphatic carboxylic acids is 1. The molecule has 0 aliphatic carbocycles. The average Bonchev–Trinajstić information content (AvgIpc) is 3.11.